The van der Waals surface area contributed by atoms with Crippen LogP contribution in [0.3, 0.4) is 0 Å². The molecule has 0 fully saturated rings. The minimum atomic E-state index is -1.13. The molecule has 0 aliphatic carbocycles. The van der Waals surface area contributed by atoms with E-state index in [1.807, 2.05) is 30.3 Å². The van der Waals surface area contributed by atoms with Crippen LogP contribution in [0.4, 0.5) is 0 Å². The molecule has 0 aliphatic heterocycles. The van der Waals surface area contributed by atoms with Crippen molar-refractivity contribution in [2.75, 3.05) is 19.6 Å². The topological polar surface area (TPSA) is 72.3 Å². The van der Waals surface area contributed by atoms with Crippen LogP contribution in [0.2, 0.25) is 0 Å². The van der Waals surface area contributed by atoms with Gasteiger partial charge in [-0.1, -0.05) is 57.5 Å². The Morgan fingerprint density at radius 1 is 1.30 bits per heavy atom. The summed E-state index contributed by atoms with van der Waals surface area (Å²) >= 11 is 0. The van der Waals surface area contributed by atoms with Crippen LogP contribution in [-0.2, 0) is 10.3 Å². The van der Waals surface area contributed by atoms with Crippen LogP contribution in [0, 0.1) is 5.92 Å². The molecule has 4 N–H and O–H groups in total. The number of carbonyl (C=O) groups is 1. The molecule has 2 atom stereocenters. The largest absolute Gasteiger partial charge is 0.368 e. The van der Waals surface area contributed by atoms with E-state index in [0.717, 1.165) is 25.1 Å². The van der Waals surface area contributed by atoms with E-state index in [0.29, 0.717) is 12.5 Å². The number of benzene rings is 1. The first-order valence-corrected chi connectivity index (χ1v) is 7.30. The zero-order valence-electron chi connectivity index (χ0n) is 12.8. The molecule has 4 nitrogen and oxygen atoms in total. The Labute approximate surface area is 122 Å². The number of primary amides is 1. The highest BCUT2D eigenvalue weighted by Crippen LogP contribution is 2.20. The molecule has 0 saturated carbocycles. The molecule has 2 unspecified atom stereocenters. The zero-order valence-corrected chi connectivity index (χ0v) is 12.8. The van der Waals surface area contributed by atoms with Crippen molar-refractivity contribution in [2.45, 2.75) is 32.7 Å². The van der Waals surface area contributed by atoms with Crippen LogP contribution in [0.5, 0.6) is 0 Å². The van der Waals surface area contributed by atoms with Crippen molar-refractivity contribution in [2.24, 2.45) is 17.4 Å². The highest BCUT2D eigenvalue weighted by molar-refractivity contribution is 5.86. The Balaban J connectivity index is 2.94. The fourth-order valence-corrected chi connectivity index (χ4v) is 2.28. The highest BCUT2D eigenvalue weighted by atomic mass is 16.1. The molecule has 1 aromatic rings. The van der Waals surface area contributed by atoms with E-state index < -0.39 is 11.4 Å². The second kappa shape index (κ2) is 7.41. The number of hydrogen-bond acceptors (Lipinski definition) is 3. The molecular weight excluding hydrogens is 250 g/mol. The molecule has 0 bridgehead atoms. The van der Waals surface area contributed by atoms with E-state index in [2.05, 4.69) is 25.7 Å². The van der Waals surface area contributed by atoms with Crippen molar-refractivity contribution in [3.63, 3.8) is 0 Å². The number of nitrogens with zero attached hydrogens (tertiary/aromatic N) is 1. The molecule has 1 rings (SSSR count). The molecular formula is C16H27N3O. The molecule has 1 aromatic carbocycles. The Kier molecular flexibility index (Phi) is 6.17. The fraction of sp³-hybridized carbons (Fsp3) is 0.562. The molecule has 1 amide bonds. The van der Waals surface area contributed by atoms with E-state index in [-0.39, 0.29) is 0 Å². The van der Waals surface area contributed by atoms with Gasteiger partial charge in [0.15, 0.2) is 0 Å². The van der Waals surface area contributed by atoms with Gasteiger partial charge in [-0.05, 0) is 18.0 Å². The third kappa shape index (κ3) is 4.05. The number of hydrogen-bond donors (Lipinski definition) is 2. The molecule has 0 spiro atoms. The van der Waals surface area contributed by atoms with E-state index in [1.165, 1.54) is 0 Å². The van der Waals surface area contributed by atoms with Crippen molar-refractivity contribution < 1.29 is 4.79 Å². The van der Waals surface area contributed by atoms with E-state index in [1.54, 1.807) is 0 Å². The summed E-state index contributed by atoms with van der Waals surface area (Å²) in [6.07, 6.45) is 1.11. The van der Waals surface area contributed by atoms with Gasteiger partial charge in [-0.2, -0.15) is 0 Å². The summed E-state index contributed by atoms with van der Waals surface area (Å²) in [4.78, 5) is 14.1. The van der Waals surface area contributed by atoms with Crippen molar-refractivity contribution in [3.8, 4) is 0 Å². The summed E-state index contributed by atoms with van der Waals surface area (Å²) in [6.45, 7) is 8.67. The van der Waals surface area contributed by atoms with Gasteiger partial charge in [0.2, 0.25) is 5.91 Å². The van der Waals surface area contributed by atoms with Crippen LogP contribution < -0.4 is 11.5 Å². The second-order valence-corrected chi connectivity index (χ2v) is 5.54. The van der Waals surface area contributed by atoms with Crippen molar-refractivity contribution in [1.29, 1.82) is 0 Å². The van der Waals surface area contributed by atoms with Gasteiger partial charge in [0.05, 0.1) is 0 Å². The number of likely N-dealkylation sites (N-methyl/N-ethyl adjacent to an activating group) is 1. The Hall–Kier alpha value is -1.39. The zero-order chi connectivity index (χ0) is 15.2. The lowest BCUT2D eigenvalue weighted by atomic mass is 9.89. The maximum Gasteiger partial charge on any atom is 0.243 e. The van der Waals surface area contributed by atoms with Crippen LogP contribution in [0.25, 0.3) is 0 Å². The SMILES string of the molecule is CCC(C)CN(CC)CC(N)(C(N)=O)c1ccccc1. The second-order valence-electron chi connectivity index (χ2n) is 5.54. The lowest BCUT2D eigenvalue weighted by Crippen LogP contribution is -2.56. The summed E-state index contributed by atoms with van der Waals surface area (Å²) in [5.74, 6) is 0.0918. The summed E-state index contributed by atoms with van der Waals surface area (Å²) in [5.41, 5.74) is 11.6. The molecule has 0 heterocycles. The first kappa shape index (κ1) is 16.7. The summed E-state index contributed by atoms with van der Waals surface area (Å²) in [7, 11) is 0. The van der Waals surface area contributed by atoms with E-state index in [9.17, 15) is 4.79 Å². The van der Waals surface area contributed by atoms with Gasteiger partial charge in [0.25, 0.3) is 0 Å². The Bertz CT molecular complexity index is 421. The van der Waals surface area contributed by atoms with Gasteiger partial charge < -0.3 is 16.4 Å². The van der Waals surface area contributed by atoms with Gasteiger partial charge in [-0.15, -0.1) is 0 Å². The minimum absolute atomic E-state index is 0.452. The van der Waals surface area contributed by atoms with Crippen molar-refractivity contribution in [3.05, 3.63) is 35.9 Å². The number of nitrogens with two attached hydrogens (primary N) is 2. The first-order valence-electron chi connectivity index (χ1n) is 7.30. The van der Waals surface area contributed by atoms with Gasteiger partial charge in [0.1, 0.15) is 5.54 Å². The van der Waals surface area contributed by atoms with E-state index in [4.69, 9.17) is 11.5 Å². The number of amides is 1. The quantitative estimate of drug-likeness (QED) is 0.759. The molecule has 20 heavy (non-hydrogen) atoms. The van der Waals surface area contributed by atoms with Crippen LogP contribution in [0.1, 0.15) is 32.8 Å². The molecule has 4 heteroatoms. The van der Waals surface area contributed by atoms with Crippen LogP contribution in [-0.4, -0.2) is 30.4 Å². The Morgan fingerprint density at radius 2 is 1.90 bits per heavy atom. The molecule has 112 valence electrons. The van der Waals surface area contributed by atoms with Gasteiger partial charge in [-0.25, -0.2) is 0 Å². The predicted molar refractivity (Wildman–Crippen MR) is 83.1 cm³/mol. The number of carbonyl (C=O) groups excluding carboxylic acids is 1. The monoisotopic (exact) mass is 277 g/mol. The van der Waals surface area contributed by atoms with Gasteiger partial charge >= 0.3 is 0 Å². The van der Waals surface area contributed by atoms with Crippen molar-refractivity contribution in [1.82, 2.24) is 4.90 Å². The summed E-state index contributed by atoms with van der Waals surface area (Å²) < 4.78 is 0. The number of rotatable bonds is 8. The lowest BCUT2D eigenvalue weighted by Gasteiger charge is -2.34. The summed E-state index contributed by atoms with van der Waals surface area (Å²) in [6, 6.07) is 9.39. The normalized spacial score (nSPS) is 15.8. The third-order valence-electron chi connectivity index (χ3n) is 3.92. The lowest BCUT2D eigenvalue weighted by molar-refractivity contribution is -0.124. The summed E-state index contributed by atoms with van der Waals surface area (Å²) in [5, 5.41) is 0. The van der Waals surface area contributed by atoms with Crippen LogP contribution in [0.15, 0.2) is 30.3 Å². The van der Waals surface area contributed by atoms with E-state index >= 15 is 0 Å². The molecule has 0 aliphatic rings. The Morgan fingerprint density at radius 3 is 2.35 bits per heavy atom. The average molecular weight is 277 g/mol. The third-order valence-corrected chi connectivity index (χ3v) is 3.92. The van der Waals surface area contributed by atoms with Crippen molar-refractivity contribution >= 4 is 5.91 Å². The van der Waals surface area contributed by atoms with Crippen LogP contribution >= 0.6 is 0 Å². The average Bonchev–Trinajstić information content (AvgIpc) is 2.46. The molecule has 0 radical (unpaired) electrons. The predicted octanol–water partition coefficient (Wildman–Crippen LogP) is 1.69. The standard InChI is InChI=1S/C16H27N3O/c1-4-13(3)11-19(5-2)12-16(18,15(17)20)14-9-7-6-8-10-14/h6-10,13H,4-5,11-12,18H2,1-3H3,(H2,17,20). The van der Waals surface area contributed by atoms with Gasteiger partial charge in [-0.3, -0.25) is 4.79 Å². The first-order chi connectivity index (χ1) is 9.43. The minimum Gasteiger partial charge on any atom is -0.368 e. The molecule has 0 aromatic heterocycles. The highest BCUT2D eigenvalue weighted by Gasteiger charge is 2.35. The maximum absolute atomic E-state index is 11.9. The smallest absolute Gasteiger partial charge is 0.243 e. The van der Waals surface area contributed by atoms with Gasteiger partial charge in [0, 0.05) is 13.1 Å². The fourth-order valence-electron chi connectivity index (χ4n) is 2.28. The molecule has 0 saturated heterocycles. The maximum atomic E-state index is 11.9.